The highest BCUT2D eigenvalue weighted by atomic mass is 16.3. The summed E-state index contributed by atoms with van der Waals surface area (Å²) in [4.78, 5) is 5.13. The molecule has 2 N–H and O–H groups in total. The average molecular weight is 422 g/mol. The maximum absolute atomic E-state index is 11.6. The lowest BCUT2D eigenvalue weighted by Gasteiger charge is -2.47. The summed E-state index contributed by atoms with van der Waals surface area (Å²) in [5, 5.41) is 22.7. The minimum Gasteiger partial charge on any atom is -0.388 e. The smallest absolute Gasteiger partial charge is 0.106 e. The van der Waals surface area contributed by atoms with Crippen molar-refractivity contribution in [3.63, 3.8) is 0 Å². The summed E-state index contributed by atoms with van der Waals surface area (Å²) in [6.07, 6.45) is 5.08. The molecular weight excluding hydrogens is 382 g/mol. The molecule has 0 bridgehead atoms. The van der Waals surface area contributed by atoms with Gasteiger partial charge in [0.2, 0.25) is 0 Å². The lowest BCUT2D eigenvalue weighted by Crippen LogP contribution is -2.38. The normalized spacial score (nSPS) is 21.1. The van der Waals surface area contributed by atoms with Gasteiger partial charge in [-0.05, 0) is 65.5 Å². The predicted octanol–water partition coefficient (Wildman–Crippen LogP) is 6.30. The van der Waals surface area contributed by atoms with Gasteiger partial charge in [0.05, 0.1) is 6.10 Å². The first-order valence-corrected chi connectivity index (χ1v) is 12.1. The number of nitrogens with zero attached hydrogens (tertiary/aromatic N) is 1. The number of rotatable bonds is 4. The molecule has 0 amide bonds. The summed E-state index contributed by atoms with van der Waals surface area (Å²) in [6.45, 7) is 13.1. The number of hydrogen-bond acceptors (Lipinski definition) is 3. The third kappa shape index (κ3) is 3.96. The number of pyridine rings is 1. The van der Waals surface area contributed by atoms with E-state index >= 15 is 0 Å². The maximum Gasteiger partial charge on any atom is 0.106 e. The Morgan fingerprint density at radius 1 is 1.13 bits per heavy atom. The van der Waals surface area contributed by atoms with E-state index in [0.717, 1.165) is 52.9 Å². The summed E-state index contributed by atoms with van der Waals surface area (Å²) in [7, 11) is 0. The van der Waals surface area contributed by atoms with Gasteiger partial charge in [0, 0.05) is 22.5 Å². The van der Waals surface area contributed by atoms with Crippen LogP contribution in [0.15, 0.2) is 24.3 Å². The molecule has 1 aromatic carbocycles. The Labute approximate surface area is 187 Å². The molecule has 0 radical (unpaired) electrons. The molecule has 1 spiro atoms. The van der Waals surface area contributed by atoms with Gasteiger partial charge in [0.1, 0.15) is 6.10 Å². The molecule has 3 heteroatoms. The number of aromatic nitrogens is 1. The second kappa shape index (κ2) is 8.01. The van der Waals surface area contributed by atoms with Crippen molar-refractivity contribution in [3.8, 4) is 0 Å². The van der Waals surface area contributed by atoms with Gasteiger partial charge in [-0.3, -0.25) is 4.98 Å². The molecule has 0 aliphatic heterocycles. The van der Waals surface area contributed by atoms with Gasteiger partial charge in [0.25, 0.3) is 0 Å². The summed E-state index contributed by atoms with van der Waals surface area (Å²) in [5.41, 5.74) is 7.60. The Balaban J connectivity index is 1.82. The van der Waals surface area contributed by atoms with Crippen molar-refractivity contribution in [2.75, 3.05) is 0 Å². The fourth-order valence-electron chi connectivity index (χ4n) is 5.72. The zero-order valence-corrected chi connectivity index (χ0v) is 20.1. The first kappa shape index (κ1) is 22.5. The van der Waals surface area contributed by atoms with Crippen LogP contribution in [0, 0.1) is 5.41 Å². The molecule has 3 nitrogen and oxygen atoms in total. The Morgan fingerprint density at radius 2 is 1.77 bits per heavy atom. The van der Waals surface area contributed by atoms with Gasteiger partial charge in [-0.15, -0.1) is 0 Å². The third-order valence-corrected chi connectivity index (χ3v) is 7.68. The fraction of sp³-hybridized carbons (Fsp3) is 0.607. The van der Waals surface area contributed by atoms with Crippen LogP contribution in [0.25, 0.3) is 0 Å². The van der Waals surface area contributed by atoms with Crippen LogP contribution >= 0.6 is 0 Å². The van der Waals surface area contributed by atoms with Crippen molar-refractivity contribution in [2.24, 2.45) is 5.41 Å². The Kier molecular flexibility index (Phi) is 5.81. The van der Waals surface area contributed by atoms with E-state index in [-0.39, 0.29) is 16.7 Å². The van der Waals surface area contributed by atoms with Gasteiger partial charge >= 0.3 is 0 Å². The topological polar surface area (TPSA) is 53.4 Å². The largest absolute Gasteiger partial charge is 0.388 e. The van der Waals surface area contributed by atoms with Gasteiger partial charge in [-0.1, -0.05) is 72.2 Å². The Bertz CT molecular complexity index is 948. The monoisotopic (exact) mass is 421 g/mol. The standard InChI is InChI=1S/C28H39NO2/c1-7-20-23-21(15-28(13-8-14-28)16-22(23)30)29-25(17(2)3)24(20)26(31)18-9-11-19(12-10-18)27(4,5)6/h9-12,17,22,26,30-31H,7-8,13-16H2,1-6H3. The van der Waals surface area contributed by atoms with Crippen molar-refractivity contribution in [2.45, 2.75) is 104 Å². The van der Waals surface area contributed by atoms with E-state index in [4.69, 9.17) is 4.98 Å². The van der Waals surface area contributed by atoms with E-state index < -0.39 is 12.2 Å². The van der Waals surface area contributed by atoms with Crippen LogP contribution in [0.3, 0.4) is 0 Å². The molecule has 31 heavy (non-hydrogen) atoms. The number of hydrogen-bond donors (Lipinski definition) is 2. The number of benzene rings is 1. The van der Waals surface area contributed by atoms with Gasteiger partial charge in [-0.2, -0.15) is 0 Å². The van der Waals surface area contributed by atoms with Crippen LogP contribution in [-0.4, -0.2) is 15.2 Å². The van der Waals surface area contributed by atoms with Crippen molar-refractivity contribution in [1.82, 2.24) is 4.98 Å². The van der Waals surface area contributed by atoms with Crippen molar-refractivity contribution >= 4 is 0 Å². The molecule has 4 rings (SSSR count). The van der Waals surface area contributed by atoms with Gasteiger partial charge in [-0.25, -0.2) is 0 Å². The van der Waals surface area contributed by atoms with Crippen LogP contribution in [0.1, 0.15) is 125 Å². The zero-order chi connectivity index (χ0) is 22.6. The Hall–Kier alpha value is -1.71. The fourth-order valence-corrected chi connectivity index (χ4v) is 5.72. The van der Waals surface area contributed by atoms with E-state index in [1.165, 1.54) is 24.8 Å². The minimum absolute atomic E-state index is 0.0795. The van der Waals surface area contributed by atoms with Crippen LogP contribution in [0.2, 0.25) is 0 Å². The molecular formula is C28H39NO2. The van der Waals surface area contributed by atoms with E-state index in [1.807, 2.05) is 12.1 Å². The van der Waals surface area contributed by atoms with E-state index in [2.05, 4.69) is 53.7 Å². The summed E-state index contributed by atoms with van der Waals surface area (Å²) in [5.74, 6) is 0.213. The van der Waals surface area contributed by atoms with Crippen molar-refractivity contribution in [1.29, 1.82) is 0 Å². The molecule has 2 aromatic rings. The van der Waals surface area contributed by atoms with Crippen LogP contribution in [0.5, 0.6) is 0 Å². The van der Waals surface area contributed by atoms with Crippen molar-refractivity contribution < 1.29 is 10.2 Å². The first-order valence-electron chi connectivity index (χ1n) is 12.1. The molecule has 0 saturated heterocycles. The van der Waals surface area contributed by atoms with Crippen LogP contribution in [-0.2, 0) is 18.3 Å². The van der Waals surface area contributed by atoms with Crippen molar-refractivity contribution in [3.05, 3.63) is 63.5 Å². The molecule has 168 valence electrons. The number of aliphatic hydroxyl groups is 2. The molecule has 2 unspecified atom stereocenters. The second-order valence-electron chi connectivity index (χ2n) is 11.3. The average Bonchev–Trinajstić information content (AvgIpc) is 2.69. The van der Waals surface area contributed by atoms with E-state index in [1.54, 1.807) is 0 Å². The SMILES string of the molecule is CCc1c2c(nc(C(C)C)c1C(O)c1ccc(C(C)(C)C)cc1)CC1(CCC1)CC2O. The highest BCUT2D eigenvalue weighted by Gasteiger charge is 2.45. The lowest BCUT2D eigenvalue weighted by atomic mass is 9.59. The minimum atomic E-state index is -0.731. The third-order valence-electron chi connectivity index (χ3n) is 7.68. The number of aliphatic hydroxyl groups excluding tert-OH is 2. The highest BCUT2D eigenvalue weighted by Crippen LogP contribution is 2.54. The molecule has 1 saturated carbocycles. The van der Waals surface area contributed by atoms with Gasteiger partial charge < -0.3 is 10.2 Å². The molecule has 1 fully saturated rings. The summed E-state index contributed by atoms with van der Waals surface area (Å²) >= 11 is 0. The lowest BCUT2D eigenvalue weighted by molar-refractivity contribution is 0.0236. The maximum atomic E-state index is 11.6. The van der Waals surface area contributed by atoms with Crippen LogP contribution < -0.4 is 0 Å². The van der Waals surface area contributed by atoms with Crippen LogP contribution in [0.4, 0.5) is 0 Å². The molecule has 1 heterocycles. The van der Waals surface area contributed by atoms with E-state index in [0.29, 0.717) is 0 Å². The Morgan fingerprint density at radius 3 is 2.26 bits per heavy atom. The second-order valence-corrected chi connectivity index (χ2v) is 11.3. The molecule has 1 aromatic heterocycles. The molecule has 2 aliphatic rings. The first-order chi connectivity index (χ1) is 14.6. The van der Waals surface area contributed by atoms with Gasteiger partial charge in [0.15, 0.2) is 0 Å². The zero-order valence-electron chi connectivity index (χ0n) is 20.1. The molecule has 2 aliphatic carbocycles. The molecule has 2 atom stereocenters. The summed E-state index contributed by atoms with van der Waals surface area (Å²) in [6, 6.07) is 8.35. The quantitative estimate of drug-likeness (QED) is 0.609. The van der Waals surface area contributed by atoms with E-state index in [9.17, 15) is 10.2 Å². The predicted molar refractivity (Wildman–Crippen MR) is 126 cm³/mol. The number of fused-ring (bicyclic) bond motifs is 1. The highest BCUT2D eigenvalue weighted by molar-refractivity contribution is 5.49. The summed E-state index contributed by atoms with van der Waals surface area (Å²) < 4.78 is 0.